The number of nitrogens with zero attached hydrogens (tertiary/aromatic N) is 1. The van der Waals surface area contributed by atoms with Crippen LogP contribution in [0.3, 0.4) is 0 Å². The smallest absolute Gasteiger partial charge is 0.0558 e. The van der Waals surface area contributed by atoms with Crippen LogP contribution in [-0.2, 0) is 13.0 Å². The van der Waals surface area contributed by atoms with Crippen LogP contribution >= 0.6 is 15.9 Å². The van der Waals surface area contributed by atoms with Crippen LogP contribution in [0.1, 0.15) is 25.0 Å². The van der Waals surface area contributed by atoms with Gasteiger partial charge in [-0.15, -0.1) is 0 Å². The average molecular weight is 345 g/mol. The van der Waals surface area contributed by atoms with Crippen molar-refractivity contribution < 1.29 is 0 Å². The maximum absolute atomic E-state index is 3.76. The van der Waals surface area contributed by atoms with E-state index < -0.39 is 0 Å². The average Bonchev–Trinajstić information content (AvgIpc) is 2.81. The number of nitrogens with one attached hydrogen (secondary N) is 1. The van der Waals surface area contributed by atoms with Gasteiger partial charge in [0.1, 0.15) is 0 Å². The van der Waals surface area contributed by atoms with Gasteiger partial charge < -0.3 is 10.2 Å². The first-order valence-corrected chi connectivity index (χ1v) is 8.36. The Kier molecular flexibility index (Phi) is 4.32. The van der Waals surface area contributed by atoms with Crippen LogP contribution in [0.2, 0.25) is 0 Å². The van der Waals surface area contributed by atoms with Gasteiger partial charge in [0.25, 0.3) is 0 Å². The summed E-state index contributed by atoms with van der Waals surface area (Å²) in [4.78, 5) is 2.44. The van der Waals surface area contributed by atoms with E-state index in [2.05, 4.69) is 82.5 Å². The lowest BCUT2D eigenvalue weighted by molar-refractivity contribution is 0.725. The van der Waals surface area contributed by atoms with E-state index in [1.54, 1.807) is 0 Å². The summed E-state index contributed by atoms with van der Waals surface area (Å²) in [6.45, 7) is 6.34. The highest BCUT2D eigenvalue weighted by Crippen LogP contribution is 2.41. The van der Waals surface area contributed by atoms with Crippen molar-refractivity contribution in [3.8, 4) is 0 Å². The molecular formula is C18H21BrN2. The van der Waals surface area contributed by atoms with Crippen LogP contribution in [0, 0.1) is 0 Å². The molecule has 1 aliphatic heterocycles. The molecule has 0 amide bonds. The summed E-state index contributed by atoms with van der Waals surface area (Å²) in [6.07, 6.45) is 1.11. The van der Waals surface area contributed by atoms with Crippen molar-refractivity contribution in [1.82, 2.24) is 5.32 Å². The number of fused-ring (bicyclic) bond motifs is 1. The monoisotopic (exact) mass is 344 g/mol. The van der Waals surface area contributed by atoms with E-state index in [0.717, 1.165) is 19.5 Å². The predicted octanol–water partition coefficient (Wildman–Crippen LogP) is 4.64. The topological polar surface area (TPSA) is 15.3 Å². The van der Waals surface area contributed by atoms with Gasteiger partial charge >= 0.3 is 0 Å². The van der Waals surface area contributed by atoms with Crippen molar-refractivity contribution in [1.29, 1.82) is 0 Å². The predicted molar refractivity (Wildman–Crippen MR) is 93.3 cm³/mol. The Labute approximate surface area is 135 Å². The van der Waals surface area contributed by atoms with Crippen molar-refractivity contribution in [3.05, 3.63) is 58.1 Å². The molecule has 1 atom stereocenters. The summed E-state index contributed by atoms with van der Waals surface area (Å²) in [5.41, 5.74) is 5.35. The molecule has 0 saturated heterocycles. The fourth-order valence-electron chi connectivity index (χ4n) is 3.06. The number of halogens is 1. The molecule has 1 unspecified atom stereocenters. The fraction of sp³-hybridized carbons (Fsp3) is 0.333. The molecule has 0 fully saturated rings. The lowest BCUT2D eigenvalue weighted by Crippen LogP contribution is -2.24. The Morgan fingerprint density at radius 1 is 1.19 bits per heavy atom. The zero-order chi connectivity index (χ0) is 14.8. The summed E-state index contributed by atoms with van der Waals surface area (Å²) < 4.78 is 1.17. The van der Waals surface area contributed by atoms with Gasteiger partial charge in [-0.05, 0) is 65.1 Å². The molecule has 0 aliphatic carbocycles. The molecule has 0 aromatic heterocycles. The minimum atomic E-state index is 0.498. The lowest BCUT2D eigenvalue weighted by atomic mass is 10.1. The van der Waals surface area contributed by atoms with Crippen molar-refractivity contribution >= 4 is 27.3 Å². The molecule has 2 nitrogen and oxygen atoms in total. The maximum Gasteiger partial charge on any atom is 0.0558 e. The molecule has 0 bridgehead atoms. The minimum absolute atomic E-state index is 0.498. The van der Waals surface area contributed by atoms with E-state index >= 15 is 0 Å². The van der Waals surface area contributed by atoms with Gasteiger partial charge in [0.05, 0.1) is 5.69 Å². The number of hydrogen-bond acceptors (Lipinski definition) is 2. The van der Waals surface area contributed by atoms with Crippen LogP contribution in [0.25, 0.3) is 0 Å². The summed E-state index contributed by atoms with van der Waals surface area (Å²) in [5, 5.41) is 3.37. The van der Waals surface area contributed by atoms with Gasteiger partial charge in [-0.25, -0.2) is 0 Å². The van der Waals surface area contributed by atoms with Crippen LogP contribution in [0.5, 0.6) is 0 Å². The summed E-state index contributed by atoms with van der Waals surface area (Å²) >= 11 is 3.76. The quantitative estimate of drug-likeness (QED) is 0.868. The third kappa shape index (κ3) is 2.85. The summed E-state index contributed by atoms with van der Waals surface area (Å²) in [7, 11) is 0. The first-order chi connectivity index (χ1) is 10.2. The number of rotatable bonds is 4. The van der Waals surface area contributed by atoms with Crippen LogP contribution in [0.4, 0.5) is 11.4 Å². The first kappa shape index (κ1) is 14.6. The largest absolute Gasteiger partial charge is 0.337 e. The molecule has 21 heavy (non-hydrogen) atoms. The van der Waals surface area contributed by atoms with E-state index in [-0.39, 0.29) is 0 Å². The highest BCUT2D eigenvalue weighted by atomic mass is 79.9. The van der Waals surface area contributed by atoms with E-state index in [1.165, 1.54) is 27.0 Å². The molecule has 1 N–H and O–H groups in total. The Morgan fingerprint density at radius 3 is 2.76 bits per heavy atom. The number of hydrogen-bond donors (Lipinski definition) is 1. The zero-order valence-electron chi connectivity index (χ0n) is 12.6. The second kappa shape index (κ2) is 6.20. The second-order valence-electron chi connectivity index (χ2n) is 5.62. The van der Waals surface area contributed by atoms with Gasteiger partial charge in [-0.3, -0.25) is 0 Å². The Balaban J connectivity index is 1.94. The molecule has 0 saturated carbocycles. The fourth-order valence-corrected chi connectivity index (χ4v) is 3.67. The second-order valence-corrected chi connectivity index (χ2v) is 6.47. The first-order valence-electron chi connectivity index (χ1n) is 7.57. The van der Waals surface area contributed by atoms with Crippen molar-refractivity contribution in [2.45, 2.75) is 32.9 Å². The molecule has 110 valence electrons. The normalized spacial score (nSPS) is 17.1. The SMILES string of the molecule is CCNCc1ccc(N2c3ccccc3CC2C)c(Br)c1. The Morgan fingerprint density at radius 2 is 2.00 bits per heavy atom. The lowest BCUT2D eigenvalue weighted by Gasteiger charge is -2.26. The molecular weight excluding hydrogens is 324 g/mol. The zero-order valence-corrected chi connectivity index (χ0v) is 14.2. The molecule has 0 radical (unpaired) electrons. The number of anilines is 2. The molecule has 1 heterocycles. The van der Waals surface area contributed by atoms with E-state index in [0.29, 0.717) is 6.04 Å². The van der Waals surface area contributed by atoms with Crippen molar-refractivity contribution in [2.75, 3.05) is 11.4 Å². The van der Waals surface area contributed by atoms with Gasteiger partial charge in [-0.2, -0.15) is 0 Å². The molecule has 1 aliphatic rings. The van der Waals surface area contributed by atoms with Crippen LogP contribution < -0.4 is 10.2 Å². The highest BCUT2D eigenvalue weighted by Gasteiger charge is 2.27. The van der Waals surface area contributed by atoms with Gasteiger partial charge in [-0.1, -0.05) is 31.2 Å². The standard InChI is InChI=1S/C18H21BrN2/c1-3-20-12-14-8-9-18(16(19)11-14)21-13(2)10-15-6-4-5-7-17(15)21/h4-9,11,13,20H,3,10,12H2,1-2H3. The Hall–Kier alpha value is -1.32. The molecule has 2 aromatic rings. The van der Waals surface area contributed by atoms with Crippen LogP contribution in [0.15, 0.2) is 46.9 Å². The minimum Gasteiger partial charge on any atom is -0.337 e. The van der Waals surface area contributed by atoms with E-state index in [9.17, 15) is 0 Å². The number of para-hydroxylation sites is 1. The van der Waals surface area contributed by atoms with E-state index in [4.69, 9.17) is 0 Å². The third-order valence-electron chi connectivity index (χ3n) is 4.06. The molecule has 2 aromatic carbocycles. The van der Waals surface area contributed by atoms with Crippen LogP contribution in [-0.4, -0.2) is 12.6 Å². The van der Waals surface area contributed by atoms with Gasteiger partial charge in [0.2, 0.25) is 0 Å². The molecule has 3 heteroatoms. The highest BCUT2D eigenvalue weighted by molar-refractivity contribution is 9.10. The van der Waals surface area contributed by atoms with Gasteiger partial charge in [0, 0.05) is 22.7 Å². The van der Waals surface area contributed by atoms with E-state index in [1.807, 2.05) is 0 Å². The summed E-state index contributed by atoms with van der Waals surface area (Å²) in [6, 6.07) is 15.9. The Bertz CT molecular complexity index is 639. The van der Waals surface area contributed by atoms with Crippen molar-refractivity contribution in [2.24, 2.45) is 0 Å². The molecule has 0 spiro atoms. The third-order valence-corrected chi connectivity index (χ3v) is 4.69. The van der Waals surface area contributed by atoms with Crippen molar-refractivity contribution in [3.63, 3.8) is 0 Å². The summed E-state index contributed by atoms with van der Waals surface area (Å²) in [5.74, 6) is 0. The van der Waals surface area contributed by atoms with Gasteiger partial charge in [0.15, 0.2) is 0 Å². The number of benzene rings is 2. The molecule has 3 rings (SSSR count). The maximum atomic E-state index is 3.76.